The van der Waals surface area contributed by atoms with E-state index in [1.165, 1.54) is 4.90 Å². The monoisotopic (exact) mass is 389 g/mol. The van der Waals surface area contributed by atoms with Gasteiger partial charge < -0.3 is 16.0 Å². The molecule has 7 heteroatoms. The van der Waals surface area contributed by atoms with Crippen molar-refractivity contribution in [2.45, 2.75) is 6.04 Å². The number of benzene rings is 1. The normalized spacial score (nSPS) is 19.3. The summed E-state index contributed by atoms with van der Waals surface area (Å²) in [5, 5.41) is 3.06. The summed E-state index contributed by atoms with van der Waals surface area (Å²) in [5.41, 5.74) is 5.86. The van der Waals surface area contributed by atoms with Crippen LogP contribution in [0.1, 0.15) is 10.4 Å². The van der Waals surface area contributed by atoms with E-state index in [1.807, 2.05) is 6.07 Å². The number of nitrogens with zero attached hydrogens (tertiary/aromatic N) is 1. The van der Waals surface area contributed by atoms with Crippen molar-refractivity contribution in [2.24, 2.45) is 5.73 Å². The first kappa shape index (κ1) is 14.5. The van der Waals surface area contributed by atoms with Crippen molar-refractivity contribution in [1.82, 2.24) is 10.2 Å². The molecule has 0 aliphatic carbocycles. The van der Waals surface area contributed by atoms with Crippen LogP contribution in [0.15, 0.2) is 27.1 Å². The maximum atomic E-state index is 12.5. The van der Waals surface area contributed by atoms with E-state index in [0.29, 0.717) is 25.2 Å². The van der Waals surface area contributed by atoms with Crippen molar-refractivity contribution in [3.8, 4) is 0 Å². The lowest BCUT2D eigenvalue weighted by Crippen LogP contribution is -2.58. The molecule has 1 unspecified atom stereocenters. The number of primary amides is 1. The number of hydrogen-bond donors (Lipinski definition) is 2. The highest BCUT2D eigenvalue weighted by atomic mass is 79.9. The topological polar surface area (TPSA) is 75.4 Å². The van der Waals surface area contributed by atoms with Gasteiger partial charge >= 0.3 is 0 Å². The van der Waals surface area contributed by atoms with Gasteiger partial charge in [0.15, 0.2) is 0 Å². The summed E-state index contributed by atoms with van der Waals surface area (Å²) in [6, 6.07) is 4.71. The number of halogens is 2. The van der Waals surface area contributed by atoms with Gasteiger partial charge in [0.2, 0.25) is 5.91 Å². The fourth-order valence-electron chi connectivity index (χ4n) is 2.04. The average molecular weight is 391 g/mol. The Morgan fingerprint density at radius 2 is 1.89 bits per heavy atom. The number of carbonyl (C=O) groups excluding carboxylic acids is 2. The highest BCUT2D eigenvalue weighted by Crippen LogP contribution is 2.22. The summed E-state index contributed by atoms with van der Waals surface area (Å²) in [6.45, 7) is 1.53. The van der Waals surface area contributed by atoms with Crippen LogP contribution in [-0.2, 0) is 4.79 Å². The molecular formula is C12H13Br2N3O2. The molecule has 1 saturated heterocycles. The lowest BCUT2D eigenvalue weighted by molar-refractivity contribution is -0.122. The van der Waals surface area contributed by atoms with Crippen molar-refractivity contribution in [1.29, 1.82) is 0 Å². The van der Waals surface area contributed by atoms with Crippen LogP contribution in [0.3, 0.4) is 0 Å². The molecule has 0 saturated carbocycles. The van der Waals surface area contributed by atoms with Gasteiger partial charge in [0.1, 0.15) is 6.04 Å². The van der Waals surface area contributed by atoms with E-state index in [0.717, 1.165) is 8.95 Å². The van der Waals surface area contributed by atoms with E-state index < -0.39 is 11.9 Å². The number of piperazine rings is 1. The largest absolute Gasteiger partial charge is 0.368 e. The zero-order valence-electron chi connectivity index (χ0n) is 10.0. The van der Waals surface area contributed by atoms with Crippen LogP contribution in [0.2, 0.25) is 0 Å². The number of carbonyl (C=O) groups is 2. The van der Waals surface area contributed by atoms with Crippen molar-refractivity contribution < 1.29 is 9.59 Å². The molecule has 102 valence electrons. The number of nitrogens with one attached hydrogen (secondary N) is 1. The Hall–Kier alpha value is -0.920. The van der Waals surface area contributed by atoms with E-state index in [4.69, 9.17) is 5.73 Å². The quantitative estimate of drug-likeness (QED) is 0.794. The Morgan fingerprint density at radius 1 is 1.26 bits per heavy atom. The number of nitrogens with two attached hydrogens (primary N) is 1. The van der Waals surface area contributed by atoms with Gasteiger partial charge in [-0.25, -0.2) is 0 Å². The van der Waals surface area contributed by atoms with Crippen LogP contribution in [-0.4, -0.2) is 42.4 Å². The minimum Gasteiger partial charge on any atom is -0.368 e. The van der Waals surface area contributed by atoms with E-state index in [-0.39, 0.29) is 5.91 Å². The third-order valence-electron chi connectivity index (χ3n) is 2.94. The van der Waals surface area contributed by atoms with E-state index in [1.54, 1.807) is 12.1 Å². The van der Waals surface area contributed by atoms with E-state index in [2.05, 4.69) is 37.2 Å². The molecule has 1 aromatic carbocycles. The Balaban J connectivity index is 2.28. The van der Waals surface area contributed by atoms with Crippen LogP contribution >= 0.6 is 31.9 Å². The van der Waals surface area contributed by atoms with Crippen LogP contribution in [0, 0.1) is 0 Å². The Kier molecular flexibility index (Phi) is 4.59. The maximum Gasteiger partial charge on any atom is 0.254 e. The van der Waals surface area contributed by atoms with Crippen LogP contribution < -0.4 is 11.1 Å². The molecule has 2 amide bonds. The Labute approximate surface area is 127 Å². The highest BCUT2D eigenvalue weighted by Gasteiger charge is 2.31. The lowest BCUT2D eigenvalue weighted by atomic mass is 10.1. The zero-order chi connectivity index (χ0) is 14.0. The van der Waals surface area contributed by atoms with Gasteiger partial charge in [-0.1, -0.05) is 31.9 Å². The van der Waals surface area contributed by atoms with Crippen LogP contribution in [0.25, 0.3) is 0 Å². The molecule has 19 heavy (non-hydrogen) atoms. The number of amides is 2. The van der Waals surface area contributed by atoms with Crippen LogP contribution in [0.4, 0.5) is 0 Å². The molecule has 1 aliphatic heterocycles. The van der Waals surface area contributed by atoms with Crippen molar-refractivity contribution in [3.63, 3.8) is 0 Å². The Bertz CT molecular complexity index is 501. The average Bonchev–Trinajstić information content (AvgIpc) is 2.36. The molecule has 0 radical (unpaired) electrons. The fraction of sp³-hybridized carbons (Fsp3) is 0.333. The van der Waals surface area contributed by atoms with E-state index >= 15 is 0 Å². The maximum absolute atomic E-state index is 12.5. The molecule has 0 bridgehead atoms. The molecule has 1 aliphatic rings. The number of rotatable bonds is 2. The smallest absolute Gasteiger partial charge is 0.254 e. The van der Waals surface area contributed by atoms with Crippen molar-refractivity contribution in [3.05, 3.63) is 32.7 Å². The highest BCUT2D eigenvalue weighted by molar-refractivity contribution is 9.11. The molecule has 5 nitrogen and oxygen atoms in total. The Morgan fingerprint density at radius 3 is 2.47 bits per heavy atom. The first-order valence-corrected chi connectivity index (χ1v) is 7.34. The second kappa shape index (κ2) is 6.02. The molecule has 0 aromatic heterocycles. The van der Waals surface area contributed by atoms with Gasteiger partial charge in [-0.15, -0.1) is 0 Å². The predicted molar refractivity (Wildman–Crippen MR) is 78.7 cm³/mol. The molecule has 1 heterocycles. The first-order chi connectivity index (χ1) is 8.99. The van der Waals surface area contributed by atoms with Gasteiger partial charge in [0.25, 0.3) is 5.91 Å². The summed E-state index contributed by atoms with van der Waals surface area (Å²) >= 11 is 6.69. The van der Waals surface area contributed by atoms with Crippen molar-refractivity contribution in [2.75, 3.05) is 19.6 Å². The second-order valence-corrected chi connectivity index (χ2v) is 6.11. The third-order valence-corrected chi connectivity index (χ3v) is 3.86. The standard InChI is InChI=1S/C12H13Br2N3O2/c13-8-3-7(4-9(14)5-8)12(19)17-2-1-16-6-10(17)11(15)18/h3-5,10,16H,1-2,6H2,(H2,15,18). The molecule has 2 rings (SSSR count). The SMILES string of the molecule is NC(=O)C1CNCCN1C(=O)c1cc(Br)cc(Br)c1. The summed E-state index contributed by atoms with van der Waals surface area (Å²) in [7, 11) is 0. The predicted octanol–water partition coefficient (Wildman–Crippen LogP) is 1.11. The first-order valence-electron chi connectivity index (χ1n) is 5.76. The molecule has 1 atom stereocenters. The van der Waals surface area contributed by atoms with Gasteiger partial charge in [-0.05, 0) is 18.2 Å². The summed E-state index contributed by atoms with van der Waals surface area (Å²) in [6.07, 6.45) is 0. The lowest BCUT2D eigenvalue weighted by Gasteiger charge is -2.34. The van der Waals surface area contributed by atoms with E-state index in [9.17, 15) is 9.59 Å². The third kappa shape index (κ3) is 3.34. The van der Waals surface area contributed by atoms with Crippen LogP contribution in [0.5, 0.6) is 0 Å². The minimum atomic E-state index is -0.598. The zero-order valence-corrected chi connectivity index (χ0v) is 13.2. The fourth-order valence-corrected chi connectivity index (χ4v) is 3.34. The molecule has 0 spiro atoms. The number of hydrogen-bond acceptors (Lipinski definition) is 3. The van der Waals surface area contributed by atoms with Crippen molar-refractivity contribution >= 4 is 43.7 Å². The molecular weight excluding hydrogens is 378 g/mol. The minimum absolute atomic E-state index is 0.188. The van der Waals surface area contributed by atoms with Gasteiger partial charge in [-0.2, -0.15) is 0 Å². The molecule has 1 fully saturated rings. The summed E-state index contributed by atoms with van der Waals surface area (Å²) < 4.78 is 1.60. The van der Waals surface area contributed by atoms with Gasteiger partial charge in [0.05, 0.1) is 0 Å². The molecule has 3 N–H and O–H groups in total. The summed E-state index contributed by atoms with van der Waals surface area (Å²) in [4.78, 5) is 25.4. The molecule has 1 aromatic rings. The second-order valence-electron chi connectivity index (χ2n) is 4.28. The summed E-state index contributed by atoms with van der Waals surface area (Å²) in [5.74, 6) is -0.679. The van der Waals surface area contributed by atoms with Gasteiger partial charge in [-0.3, -0.25) is 9.59 Å². The van der Waals surface area contributed by atoms with Gasteiger partial charge in [0, 0.05) is 34.1 Å².